The number of halogens is 1. The van der Waals surface area contributed by atoms with Gasteiger partial charge in [0.05, 0.1) is 17.0 Å². The first kappa shape index (κ1) is 15.1. The Kier molecular flexibility index (Phi) is 3.53. The molecular weight excluding hydrogens is 370 g/mol. The van der Waals surface area contributed by atoms with E-state index in [-0.39, 0.29) is 17.1 Å². The number of amides is 1. The number of nitrogens with zero attached hydrogens (tertiary/aromatic N) is 1. The summed E-state index contributed by atoms with van der Waals surface area (Å²) >= 11 is 3.42. The molecule has 1 aromatic heterocycles. The van der Waals surface area contributed by atoms with Gasteiger partial charge in [-0.2, -0.15) is 0 Å². The highest BCUT2D eigenvalue weighted by molar-refractivity contribution is 9.10. The van der Waals surface area contributed by atoms with Crippen LogP contribution in [-0.4, -0.2) is 17.4 Å². The molecule has 0 saturated carbocycles. The van der Waals surface area contributed by atoms with Crippen LogP contribution in [0.5, 0.6) is 0 Å². The Morgan fingerprint density at radius 2 is 1.79 bits per heavy atom. The third-order valence-corrected chi connectivity index (χ3v) is 4.93. The molecule has 4 nitrogen and oxygen atoms in total. The van der Waals surface area contributed by atoms with Crippen LogP contribution in [-0.2, 0) is 0 Å². The van der Waals surface area contributed by atoms with E-state index in [0.717, 1.165) is 10.0 Å². The summed E-state index contributed by atoms with van der Waals surface area (Å²) < 4.78 is 6.75. The normalized spacial score (nSPS) is 16.7. The van der Waals surface area contributed by atoms with Gasteiger partial charge < -0.3 is 9.32 Å². The van der Waals surface area contributed by atoms with Gasteiger partial charge in [-0.25, -0.2) is 0 Å². The van der Waals surface area contributed by atoms with Gasteiger partial charge in [-0.05, 0) is 36.8 Å². The van der Waals surface area contributed by atoms with Gasteiger partial charge in [0, 0.05) is 11.0 Å². The number of rotatable bonds is 2. The molecular formula is C19H14BrNO3. The van der Waals surface area contributed by atoms with Crippen LogP contribution in [0, 0.1) is 0 Å². The third kappa shape index (κ3) is 2.12. The van der Waals surface area contributed by atoms with Gasteiger partial charge in [-0.1, -0.05) is 40.2 Å². The van der Waals surface area contributed by atoms with E-state index in [1.165, 1.54) is 0 Å². The SMILES string of the molecule is CCN1C(=O)c2oc3ccccc3c(=O)c2C1c1ccc(Br)cc1. The van der Waals surface area contributed by atoms with Gasteiger partial charge >= 0.3 is 0 Å². The maximum Gasteiger partial charge on any atom is 0.290 e. The Hall–Kier alpha value is -2.40. The summed E-state index contributed by atoms with van der Waals surface area (Å²) in [6.07, 6.45) is 0. The minimum Gasteiger partial charge on any atom is -0.450 e. The predicted octanol–water partition coefficient (Wildman–Crippen LogP) is 4.12. The first-order chi connectivity index (χ1) is 11.6. The highest BCUT2D eigenvalue weighted by atomic mass is 79.9. The van der Waals surface area contributed by atoms with Crippen LogP contribution in [0.25, 0.3) is 11.0 Å². The van der Waals surface area contributed by atoms with Gasteiger partial charge in [0.2, 0.25) is 5.76 Å². The van der Waals surface area contributed by atoms with E-state index >= 15 is 0 Å². The molecule has 1 aliphatic heterocycles. The van der Waals surface area contributed by atoms with Gasteiger partial charge in [-0.3, -0.25) is 9.59 Å². The molecule has 3 aromatic rings. The van der Waals surface area contributed by atoms with E-state index in [2.05, 4.69) is 15.9 Å². The molecule has 0 bridgehead atoms. The Labute approximate surface area is 146 Å². The summed E-state index contributed by atoms with van der Waals surface area (Å²) in [6.45, 7) is 2.40. The number of para-hydroxylation sites is 1. The first-order valence-corrected chi connectivity index (χ1v) is 8.53. The van der Waals surface area contributed by atoms with Crippen molar-refractivity contribution in [3.63, 3.8) is 0 Å². The second-order valence-corrected chi connectivity index (χ2v) is 6.63. The van der Waals surface area contributed by atoms with Gasteiger partial charge in [0.15, 0.2) is 5.43 Å². The summed E-state index contributed by atoms with van der Waals surface area (Å²) in [5.41, 5.74) is 1.64. The zero-order chi connectivity index (χ0) is 16.8. The van der Waals surface area contributed by atoms with Crippen LogP contribution in [0.4, 0.5) is 0 Å². The molecule has 1 amide bonds. The quantitative estimate of drug-likeness (QED) is 0.668. The number of carbonyl (C=O) groups is 1. The molecule has 0 saturated heterocycles. The maximum atomic E-state index is 13.0. The minimum absolute atomic E-state index is 0.135. The molecule has 5 heteroatoms. The summed E-state index contributed by atoms with van der Waals surface area (Å²) in [5, 5.41) is 0.504. The van der Waals surface area contributed by atoms with Gasteiger partial charge in [-0.15, -0.1) is 0 Å². The van der Waals surface area contributed by atoms with Crippen LogP contribution >= 0.6 is 15.9 Å². The number of carbonyl (C=O) groups excluding carboxylic acids is 1. The Bertz CT molecular complexity index is 1010. The number of fused-ring (bicyclic) bond motifs is 2. The monoisotopic (exact) mass is 383 g/mol. The lowest BCUT2D eigenvalue weighted by Crippen LogP contribution is -2.29. The summed E-state index contributed by atoms with van der Waals surface area (Å²) in [5.74, 6) is -0.0725. The standard InChI is InChI=1S/C19H14BrNO3/c1-2-21-16(11-7-9-12(20)10-8-11)15-17(22)13-5-3-4-6-14(13)24-18(15)19(21)23/h3-10,16H,2H2,1H3. The maximum absolute atomic E-state index is 13.0. The zero-order valence-electron chi connectivity index (χ0n) is 13.0. The van der Waals surface area contributed by atoms with E-state index in [1.807, 2.05) is 31.2 Å². The van der Waals surface area contributed by atoms with Crippen molar-refractivity contribution in [3.05, 3.63) is 80.1 Å². The molecule has 24 heavy (non-hydrogen) atoms. The average Bonchev–Trinajstić information content (AvgIpc) is 2.88. The lowest BCUT2D eigenvalue weighted by atomic mass is 9.98. The van der Waals surface area contributed by atoms with Crippen LogP contribution < -0.4 is 5.43 Å². The smallest absolute Gasteiger partial charge is 0.290 e. The second-order valence-electron chi connectivity index (χ2n) is 5.72. The van der Waals surface area contributed by atoms with Crippen LogP contribution in [0.3, 0.4) is 0 Å². The topological polar surface area (TPSA) is 50.5 Å². The van der Waals surface area contributed by atoms with Crippen molar-refractivity contribution in [3.8, 4) is 0 Å². The van der Waals surface area contributed by atoms with Crippen molar-refractivity contribution in [1.82, 2.24) is 4.90 Å². The fourth-order valence-electron chi connectivity index (χ4n) is 3.28. The van der Waals surface area contributed by atoms with Gasteiger partial charge in [0.1, 0.15) is 5.58 Å². The summed E-state index contributed by atoms with van der Waals surface area (Å²) in [6, 6.07) is 14.3. The average molecular weight is 384 g/mol. The van der Waals surface area contributed by atoms with E-state index in [4.69, 9.17) is 4.42 Å². The fourth-order valence-corrected chi connectivity index (χ4v) is 3.55. The Morgan fingerprint density at radius 3 is 2.50 bits per heavy atom. The molecule has 0 spiro atoms. The van der Waals surface area contributed by atoms with Crippen molar-refractivity contribution in [1.29, 1.82) is 0 Å². The van der Waals surface area contributed by atoms with Crippen LogP contribution in [0.15, 0.2) is 62.2 Å². The van der Waals surface area contributed by atoms with Crippen molar-refractivity contribution < 1.29 is 9.21 Å². The second kappa shape index (κ2) is 5.60. The minimum atomic E-state index is -0.411. The molecule has 2 aromatic carbocycles. The van der Waals surface area contributed by atoms with Crippen molar-refractivity contribution in [2.24, 2.45) is 0 Å². The lowest BCUT2D eigenvalue weighted by molar-refractivity contribution is 0.0738. The molecule has 4 rings (SSSR count). The van der Waals surface area contributed by atoms with Crippen molar-refractivity contribution in [2.75, 3.05) is 6.54 Å². The van der Waals surface area contributed by atoms with Crippen LogP contribution in [0.1, 0.15) is 34.6 Å². The zero-order valence-corrected chi connectivity index (χ0v) is 14.5. The first-order valence-electron chi connectivity index (χ1n) is 7.74. The molecule has 120 valence electrons. The number of hydrogen-bond donors (Lipinski definition) is 0. The molecule has 1 atom stereocenters. The highest BCUT2D eigenvalue weighted by Gasteiger charge is 2.41. The van der Waals surface area contributed by atoms with E-state index in [1.54, 1.807) is 29.2 Å². The van der Waals surface area contributed by atoms with E-state index in [0.29, 0.717) is 23.1 Å². The molecule has 2 heterocycles. The Balaban J connectivity index is 2.03. The highest BCUT2D eigenvalue weighted by Crippen LogP contribution is 2.38. The molecule has 0 N–H and O–H groups in total. The molecule has 0 radical (unpaired) electrons. The van der Waals surface area contributed by atoms with Crippen molar-refractivity contribution >= 4 is 32.8 Å². The summed E-state index contributed by atoms with van der Waals surface area (Å²) in [7, 11) is 0. The van der Waals surface area contributed by atoms with Crippen LogP contribution in [0.2, 0.25) is 0 Å². The van der Waals surface area contributed by atoms with E-state index < -0.39 is 6.04 Å². The molecule has 0 aliphatic carbocycles. The molecule has 1 aliphatic rings. The largest absolute Gasteiger partial charge is 0.450 e. The fraction of sp³-hybridized carbons (Fsp3) is 0.158. The van der Waals surface area contributed by atoms with Gasteiger partial charge in [0.25, 0.3) is 5.91 Å². The number of benzene rings is 2. The number of hydrogen-bond acceptors (Lipinski definition) is 3. The van der Waals surface area contributed by atoms with Crippen molar-refractivity contribution in [2.45, 2.75) is 13.0 Å². The summed E-state index contributed by atoms with van der Waals surface area (Å²) in [4.78, 5) is 27.5. The third-order valence-electron chi connectivity index (χ3n) is 4.40. The predicted molar refractivity (Wildman–Crippen MR) is 95.2 cm³/mol. The molecule has 0 fully saturated rings. The van der Waals surface area contributed by atoms with E-state index in [9.17, 15) is 9.59 Å². The Morgan fingerprint density at radius 1 is 1.08 bits per heavy atom. The lowest BCUT2D eigenvalue weighted by Gasteiger charge is -2.23. The molecule has 1 unspecified atom stereocenters.